The van der Waals surface area contributed by atoms with E-state index >= 15 is 0 Å². The quantitative estimate of drug-likeness (QED) is 0.480. The highest BCUT2D eigenvalue weighted by molar-refractivity contribution is 5.59. The highest BCUT2D eigenvalue weighted by Gasteiger charge is 2.15. The maximum absolute atomic E-state index is 5.88. The number of hydrogen-bond acceptors (Lipinski definition) is 7. The second-order valence-electron chi connectivity index (χ2n) is 8.82. The first-order chi connectivity index (χ1) is 15.6. The summed E-state index contributed by atoms with van der Waals surface area (Å²) in [4.78, 5) is 4.62. The molecule has 2 aromatic rings. The molecule has 0 bridgehead atoms. The molecular weight excluding hydrogens is 402 g/mol. The molecule has 176 valence electrons. The summed E-state index contributed by atoms with van der Waals surface area (Å²) >= 11 is 0. The van der Waals surface area contributed by atoms with Gasteiger partial charge in [0.15, 0.2) is 0 Å². The molecule has 0 atom stereocenters. The molecule has 0 amide bonds. The molecule has 0 unspecified atom stereocenters. The third-order valence-electron chi connectivity index (χ3n) is 5.96. The Balaban J connectivity index is 1.42. The van der Waals surface area contributed by atoms with E-state index < -0.39 is 0 Å². The Hall–Kier alpha value is -2.06. The number of aromatic nitrogens is 2. The number of methoxy groups -OCH3 is 1. The van der Waals surface area contributed by atoms with Crippen molar-refractivity contribution in [2.45, 2.75) is 25.8 Å². The van der Waals surface area contributed by atoms with E-state index in [2.05, 4.69) is 51.5 Å². The van der Waals surface area contributed by atoms with Crippen LogP contribution in [0.3, 0.4) is 0 Å². The van der Waals surface area contributed by atoms with Crippen molar-refractivity contribution < 1.29 is 9.47 Å². The van der Waals surface area contributed by atoms with E-state index in [0.717, 1.165) is 80.9 Å². The van der Waals surface area contributed by atoms with Gasteiger partial charge in [0.05, 0.1) is 11.4 Å². The van der Waals surface area contributed by atoms with E-state index in [4.69, 9.17) is 9.47 Å². The summed E-state index contributed by atoms with van der Waals surface area (Å²) in [5, 5.41) is 12.3. The summed E-state index contributed by atoms with van der Waals surface area (Å²) in [5.74, 6) is 1.66. The van der Waals surface area contributed by atoms with Crippen LogP contribution in [0.4, 0.5) is 0 Å². The number of ether oxygens (including phenoxy) is 2. The van der Waals surface area contributed by atoms with Crippen molar-refractivity contribution >= 4 is 0 Å². The first-order valence-corrected chi connectivity index (χ1v) is 11.8. The minimum atomic E-state index is 0.669. The summed E-state index contributed by atoms with van der Waals surface area (Å²) in [7, 11) is 6.02. The summed E-state index contributed by atoms with van der Waals surface area (Å²) in [6, 6.07) is 12.2. The van der Waals surface area contributed by atoms with E-state index in [1.165, 1.54) is 12.8 Å². The SMILES string of the molecule is COCCCN(C)CCOc1ccc(-c2ccc(CN(C)CC3CCNCC3)nn2)cc1. The molecule has 0 spiro atoms. The van der Waals surface area contributed by atoms with Crippen molar-refractivity contribution in [3.8, 4) is 17.0 Å². The van der Waals surface area contributed by atoms with Gasteiger partial charge in [-0.05, 0) is 88.8 Å². The number of rotatable bonds is 13. The third-order valence-corrected chi connectivity index (χ3v) is 5.96. The minimum absolute atomic E-state index is 0.669. The molecule has 3 rings (SSSR count). The Labute approximate surface area is 193 Å². The minimum Gasteiger partial charge on any atom is -0.492 e. The number of benzene rings is 1. The van der Waals surface area contributed by atoms with Gasteiger partial charge in [0.2, 0.25) is 0 Å². The van der Waals surface area contributed by atoms with Crippen molar-refractivity contribution in [1.29, 1.82) is 0 Å². The summed E-state index contributed by atoms with van der Waals surface area (Å²) < 4.78 is 11.0. The second-order valence-corrected chi connectivity index (χ2v) is 8.82. The van der Waals surface area contributed by atoms with Crippen molar-refractivity contribution in [3.05, 3.63) is 42.1 Å². The van der Waals surface area contributed by atoms with Gasteiger partial charge in [-0.2, -0.15) is 10.2 Å². The molecule has 7 heteroatoms. The number of piperidine rings is 1. The molecular formula is C25H39N5O2. The molecule has 1 aromatic heterocycles. The van der Waals surface area contributed by atoms with Gasteiger partial charge < -0.3 is 24.6 Å². The summed E-state index contributed by atoms with van der Waals surface area (Å²) in [6.45, 7) is 7.61. The predicted octanol–water partition coefficient (Wildman–Crippen LogP) is 2.92. The smallest absolute Gasteiger partial charge is 0.119 e. The first kappa shape index (κ1) is 24.6. The van der Waals surface area contributed by atoms with Crippen LogP contribution in [-0.2, 0) is 11.3 Å². The van der Waals surface area contributed by atoms with Crippen molar-refractivity contribution in [2.24, 2.45) is 5.92 Å². The monoisotopic (exact) mass is 441 g/mol. The van der Waals surface area contributed by atoms with E-state index in [1.807, 2.05) is 24.3 Å². The average molecular weight is 442 g/mol. The normalized spacial score (nSPS) is 14.9. The zero-order valence-corrected chi connectivity index (χ0v) is 19.9. The molecule has 32 heavy (non-hydrogen) atoms. The van der Waals surface area contributed by atoms with Crippen LogP contribution in [0.2, 0.25) is 0 Å². The highest BCUT2D eigenvalue weighted by Crippen LogP contribution is 2.21. The second kappa shape index (κ2) is 13.5. The van der Waals surface area contributed by atoms with E-state index in [-0.39, 0.29) is 0 Å². The summed E-state index contributed by atoms with van der Waals surface area (Å²) in [5.41, 5.74) is 2.95. The Bertz CT molecular complexity index is 763. The van der Waals surface area contributed by atoms with Gasteiger partial charge in [-0.3, -0.25) is 0 Å². The van der Waals surface area contributed by atoms with Crippen molar-refractivity contribution in [1.82, 2.24) is 25.3 Å². The lowest BCUT2D eigenvalue weighted by Gasteiger charge is -2.27. The Kier molecular flexibility index (Phi) is 10.4. The van der Waals surface area contributed by atoms with Gasteiger partial charge in [-0.1, -0.05) is 0 Å². The molecule has 1 aromatic carbocycles. The van der Waals surface area contributed by atoms with E-state index in [0.29, 0.717) is 6.61 Å². The number of hydrogen-bond donors (Lipinski definition) is 1. The lowest BCUT2D eigenvalue weighted by Crippen LogP contribution is -2.34. The van der Waals surface area contributed by atoms with Crippen LogP contribution in [0.25, 0.3) is 11.3 Å². The fourth-order valence-corrected chi connectivity index (χ4v) is 4.08. The Morgan fingerprint density at radius 3 is 2.41 bits per heavy atom. The molecule has 1 N–H and O–H groups in total. The van der Waals surface area contributed by atoms with Gasteiger partial charge in [0.25, 0.3) is 0 Å². The lowest BCUT2D eigenvalue weighted by molar-refractivity contribution is 0.172. The van der Waals surface area contributed by atoms with Crippen LogP contribution in [0.15, 0.2) is 36.4 Å². The molecule has 1 saturated heterocycles. The van der Waals surface area contributed by atoms with Gasteiger partial charge in [-0.15, -0.1) is 0 Å². The van der Waals surface area contributed by atoms with Crippen molar-refractivity contribution in [3.63, 3.8) is 0 Å². The number of likely N-dealkylation sites (N-methyl/N-ethyl adjacent to an activating group) is 1. The molecule has 7 nitrogen and oxygen atoms in total. The van der Waals surface area contributed by atoms with Gasteiger partial charge >= 0.3 is 0 Å². The number of nitrogens with one attached hydrogen (secondary N) is 1. The zero-order chi connectivity index (χ0) is 22.6. The zero-order valence-electron chi connectivity index (χ0n) is 19.9. The Morgan fingerprint density at radius 2 is 1.72 bits per heavy atom. The summed E-state index contributed by atoms with van der Waals surface area (Å²) in [6.07, 6.45) is 3.57. The predicted molar refractivity (Wildman–Crippen MR) is 129 cm³/mol. The highest BCUT2D eigenvalue weighted by atomic mass is 16.5. The van der Waals surface area contributed by atoms with Crippen LogP contribution in [0.1, 0.15) is 25.0 Å². The van der Waals surface area contributed by atoms with Crippen LogP contribution in [0, 0.1) is 5.92 Å². The molecule has 0 saturated carbocycles. The maximum atomic E-state index is 5.88. The molecule has 1 fully saturated rings. The average Bonchev–Trinajstić information content (AvgIpc) is 2.81. The topological polar surface area (TPSA) is 62.8 Å². The number of nitrogens with zero attached hydrogens (tertiary/aromatic N) is 4. The van der Waals surface area contributed by atoms with Gasteiger partial charge in [0.1, 0.15) is 12.4 Å². The van der Waals surface area contributed by atoms with Gasteiger partial charge in [-0.25, -0.2) is 0 Å². The fraction of sp³-hybridized carbons (Fsp3) is 0.600. The van der Waals surface area contributed by atoms with Crippen LogP contribution >= 0.6 is 0 Å². The molecule has 2 heterocycles. The standard InChI is InChI=1S/C25H39N5O2/c1-29(15-4-17-31-3)16-18-32-24-8-5-22(6-9-24)25-10-7-23(27-28-25)20-30(2)19-21-11-13-26-14-12-21/h5-10,21,26H,4,11-20H2,1-3H3. The first-order valence-electron chi connectivity index (χ1n) is 11.8. The van der Waals surface area contributed by atoms with Crippen LogP contribution < -0.4 is 10.1 Å². The molecule has 0 aliphatic carbocycles. The van der Waals surface area contributed by atoms with Gasteiger partial charge in [0, 0.05) is 45.5 Å². The van der Waals surface area contributed by atoms with E-state index in [1.54, 1.807) is 7.11 Å². The Morgan fingerprint density at radius 1 is 0.938 bits per heavy atom. The third kappa shape index (κ3) is 8.47. The molecule has 1 aliphatic heterocycles. The molecule has 0 radical (unpaired) electrons. The fourth-order valence-electron chi connectivity index (χ4n) is 4.08. The lowest BCUT2D eigenvalue weighted by atomic mass is 9.98. The van der Waals surface area contributed by atoms with Crippen LogP contribution in [0.5, 0.6) is 5.75 Å². The largest absolute Gasteiger partial charge is 0.492 e. The van der Waals surface area contributed by atoms with Crippen molar-refractivity contribution in [2.75, 3.05) is 67.1 Å². The maximum Gasteiger partial charge on any atom is 0.119 e. The van der Waals surface area contributed by atoms with E-state index in [9.17, 15) is 0 Å². The van der Waals surface area contributed by atoms with Crippen LogP contribution in [-0.4, -0.2) is 87.1 Å². The molecule has 1 aliphatic rings.